The first-order chi connectivity index (χ1) is 7.59. The fraction of sp³-hybridized carbons (Fsp3) is 0.400. The molecule has 0 aromatic heterocycles. The Labute approximate surface area is 101 Å². The van der Waals surface area contributed by atoms with Gasteiger partial charge in [-0.2, -0.15) is 0 Å². The van der Waals surface area contributed by atoms with E-state index in [0.29, 0.717) is 24.7 Å². The minimum atomic E-state index is -2.66. The molecule has 0 atom stereocenters. The van der Waals surface area contributed by atoms with Gasteiger partial charge in [0.1, 0.15) is 5.75 Å². The van der Waals surface area contributed by atoms with E-state index in [4.69, 9.17) is 31.1 Å². The molecule has 0 amide bonds. The highest BCUT2D eigenvalue weighted by molar-refractivity contribution is 8.07. The molecule has 1 rings (SSSR count). The van der Waals surface area contributed by atoms with Crippen molar-refractivity contribution >= 4 is 24.2 Å². The molecule has 1 aromatic carbocycles. The van der Waals surface area contributed by atoms with Crippen LogP contribution in [0.1, 0.15) is 13.8 Å². The molecule has 0 unspecified atom stereocenters. The Morgan fingerprint density at radius 2 is 1.62 bits per heavy atom. The molecule has 0 radical (unpaired) electrons. The Morgan fingerprint density at radius 1 is 1.12 bits per heavy atom. The molecule has 90 valence electrons. The maximum atomic E-state index is 5.57. The van der Waals surface area contributed by atoms with Crippen LogP contribution in [-0.2, 0) is 20.9 Å². The number of nitrogens with two attached hydrogens (primary N) is 1. The lowest BCUT2D eigenvalue weighted by molar-refractivity contribution is 0.218. The van der Waals surface area contributed by atoms with E-state index in [2.05, 4.69) is 0 Å². The third kappa shape index (κ3) is 4.10. The van der Waals surface area contributed by atoms with Crippen molar-refractivity contribution in [2.45, 2.75) is 13.8 Å². The van der Waals surface area contributed by atoms with Gasteiger partial charge < -0.3 is 10.3 Å². The number of anilines is 1. The second-order valence-corrected chi connectivity index (χ2v) is 5.88. The summed E-state index contributed by atoms with van der Waals surface area (Å²) in [6, 6.07) is 6.97. The minimum absolute atomic E-state index is 0.465. The van der Waals surface area contributed by atoms with E-state index in [1.54, 1.807) is 24.3 Å². The first-order valence-electron chi connectivity index (χ1n) is 5.04. The van der Waals surface area contributed by atoms with Crippen LogP contribution in [0.25, 0.3) is 0 Å². The summed E-state index contributed by atoms with van der Waals surface area (Å²) in [6.45, 7) is 1.97. The predicted octanol–water partition coefficient (Wildman–Crippen LogP) is 2.95. The van der Waals surface area contributed by atoms with E-state index < -0.39 is 6.72 Å². The molecule has 0 fully saturated rings. The molecule has 2 N–H and O–H groups in total. The Morgan fingerprint density at radius 3 is 2.06 bits per heavy atom. The molecule has 0 aliphatic carbocycles. The monoisotopic (exact) mass is 261 g/mol. The lowest BCUT2D eigenvalue weighted by Gasteiger charge is -2.20. The third-order valence-corrected chi connectivity index (χ3v) is 4.11. The van der Waals surface area contributed by atoms with Crippen molar-refractivity contribution in [3.63, 3.8) is 0 Å². The molecule has 0 aliphatic rings. The largest absolute Gasteiger partial charge is 0.424 e. The van der Waals surface area contributed by atoms with Crippen molar-refractivity contribution in [1.29, 1.82) is 0 Å². The molecule has 0 saturated carbocycles. The van der Waals surface area contributed by atoms with Gasteiger partial charge in [-0.25, -0.2) is 0 Å². The molecule has 0 spiro atoms. The van der Waals surface area contributed by atoms with Crippen LogP contribution in [0.5, 0.6) is 5.75 Å². The van der Waals surface area contributed by atoms with Crippen LogP contribution in [0.3, 0.4) is 0 Å². The molecule has 4 nitrogen and oxygen atoms in total. The topological polar surface area (TPSA) is 53.7 Å². The first-order valence-corrected chi connectivity index (χ1v) is 7.59. The van der Waals surface area contributed by atoms with Gasteiger partial charge in [0, 0.05) is 17.5 Å². The second kappa shape index (κ2) is 6.21. The summed E-state index contributed by atoms with van der Waals surface area (Å²) in [5.74, 6) is 0.611. The molecule has 0 saturated heterocycles. The van der Waals surface area contributed by atoms with Gasteiger partial charge in [-0.1, -0.05) is 0 Å². The molecule has 0 aliphatic heterocycles. The zero-order valence-electron chi connectivity index (χ0n) is 9.38. The van der Waals surface area contributed by atoms with Crippen LogP contribution in [0, 0.1) is 0 Å². The Hall–Kier alpha value is -0.610. The molecular formula is C10H16NO3PS. The van der Waals surface area contributed by atoms with Gasteiger partial charge in [-0.3, -0.25) is 9.05 Å². The number of hydrogen-bond acceptors (Lipinski definition) is 5. The quantitative estimate of drug-likeness (QED) is 0.630. The highest BCUT2D eigenvalue weighted by Gasteiger charge is 2.20. The Balaban J connectivity index is 2.75. The predicted molar refractivity (Wildman–Crippen MR) is 69.0 cm³/mol. The zero-order chi connectivity index (χ0) is 12.0. The Bertz CT molecular complexity index is 359. The molecule has 0 bridgehead atoms. The summed E-state index contributed by atoms with van der Waals surface area (Å²) >= 11 is 5.23. The van der Waals surface area contributed by atoms with Crippen LogP contribution in [0.15, 0.2) is 24.3 Å². The van der Waals surface area contributed by atoms with Gasteiger partial charge in [0.25, 0.3) is 0 Å². The van der Waals surface area contributed by atoms with Crippen molar-refractivity contribution < 1.29 is 13.6 Å². The summed E-state index contributed by atoms with van der Waals surface area (Å²) in [5, 5.41) is 0. The van der Waals surface area contributed by atoms with Gasteiger partial charge in [0.15, 0.2) is 0 Å². The maximum Gasteiger partial charge on any atom is 0.380 e. The van der Waals surface area contributed by atoms with Crippen molar-refractivity contribution in [3.8, 4) is 5.75 Å². The van der Waals surface area contributed by atoms with E-state index in [0.717, 1.165) is 0 Å². The van der Waals surface area contributed by atoms with Gasteiger partial charge >= 0.3 is 6.72 Å². The molecule has 6 heteroatoms. The molecular weight excluding hydrogens is 245 g/mol. The lowest BCUT2D eigenvalue weighted by atomic mass is 10.3. The number of rotatable bonds is 6. The highest BCUT2D eigenvalue weighted by Crippen LogP contribution is 2.49. The number of nitrogen functional groups attached to an aromatic ring is 1. The highest BCUT2D eigenvalue weighted by atomic mass is 32.5. The smallest absolute Gasteiger partial charge is 0.380 e. The lowest BCUT2D eigenvalue weighted by Crippen LogP contribution is -2.02. The van der Waals surface area contributed by atoms with Gasteiger partial charge in [0.05, 0.1) is 13.2 Å². The fourth-order valence-electron chi connectivity index (χ4n) is 1.06. The number of benzene rings is 1. The van der Waals surface area contributed by atoms with Crippen molar-refractivity contribution in [1.82, 2.24) is 0 Å². The van der Waals surface area contributed by atoms with E-state index in [9.17, 15) is 0 Å². The van der Waals surface area contributed by atoms with Crippen molar-refractivity contribution in [3.05, 3.63) is 24.3 Å². The van der Waals surface area contributed by atoms with E-state index >= 15 is 0 Å². The van der Waals surface area contributed by atoms with Crippen molar-refractivity contribution in [2.75, 3.05) is 18.9 Å². The van der Waals surface area contributed by atoms with Crippen molar-refractivity contribution in [2.24, 2.45) is 0 Å². The Kier molecular flexibility index (Phi) is 5.22. The molecule has 0 heterocycles. The average molecular weight is 261 g/mol. The summed E-state index contributed by atoms with van der Waals surface area (Å²) in [6.07, 6.45) is 0. The minimum Gasteiger partial charge on any atom is -0.424 e. The summed E-state index contributed by atoms with van der Waals surface area (Å²) < 4.78 is 16.3. The summed E-state index contributed by atoms with van der Waals surface area (Å²) in [7, 11) is 0. The normalized spacial score (nSPS) is 11.4. The summed E-state index contributed by atoms with van der Waals surface area (Å²) in [4.78, 5) is 0. The average Bonchev–Trinajstić information content (AvgIpc) is 2.22. The SMILES string of the molecule is CCOP(=S)(OCC)Oc1ccc(N)cc1. The first kappa shape index (κ1) is 13.5. The van der Waals surface area contributed by atoms with E-state index in [-0.39, 0.29) is 0 Å². The van der Waals surface area contributed by atoms with Crippen LogP contribution in [0.4, 0.5) is 5.69 Å². The van der Waals surface area contributed by atoms with Crippen LogP contribution in [0.2, 0.25) is 0 Å². The van der Waals surface area contributed by atoms with Gasteiger partial charge in [-0.15, -0.1) is 0 Å². The van der Waals surface area contributed by atoms with Gasteiger partial charge in [-0.05, 0) is 38.1 Å². The molecule has 16 heavy (non-hydrogen) atoms. The van der Waals surface area contributed by atoms with Gasteiger partial charge in [0.2, 0.25) is 0 Å². The van der Waals surface area contributed by atoms with Crippen LogP contribution >= 0.6 is 6.72 Å². The maximum absolute atomic E-state index is 5.57. The van der Waals surface area contributed by atoms with Crippen LogP contribution < -0.4 is 10.3 Å². The molecule has 1 aromatic rings. The summed E-state index contributed by atoms with van der Waals surface area (Å²) in [5.41, 5.74) is 6.25. The van der Waals surface area contributed by atoms with Crippen LogP contribution in [-0.4, -0.2) is 13.2 Å². The third-order valence-electron chi connectivity index (χ3n) is 1.67. The second-order valence-electron chi connectivity index (χ2n) is 2.94. The standard InChI is InChI=1S/C10H16NO3PS/c1-3-12-15(16,13-4-2)14-10-7-5-9(11)6-8-10/h5-8H,3-4,11H2,1-2H3. The number of hydrogen-bond donors (Lipinski definition) is 1. The zero-order valence-corrected chi connectivity index (χ0v) is 11.1. The van der Waals surface area contributed by atoms with E-state index in [1.165, 1.54) is 0 Å². The van der Waals surface area contributed by atoms with E-state index in [1.807, 2.05) is 13.8 Å². The fourth-order valence-corrected chi connectivity index (χ4v) is 3.15.